The summed E-state index contributed by atoms with van der Waals surface area (Å²) in [6, 6.07) is 11.5. The molecule has 2 aromatic carbocycles. The minimum atomic E-state index is -3.91. The largest absolute Gasteiger partial charge is 0.490 e. The Bertz CT molecular complexity index is 1560. The molecule has 230 valence electrons. The number of allylic oxidation sites excluding steroid dienone is 1. The van der Waals surface area contributed by atoms with E-state index in [0.717, 1.165) is 62.2 Å². The second kappa shape index (κ2) is 11.1. The molecule has 5 aliphatic rings. The SMILES string of the molecule is C[C@H]1C/C=C\[C@H](O)[C@@H]2CC[C@H]2CN2C[C@@]3(CCCc4cc(Cl)ccc43)COc3ccc(cc32)C(=O)NS(=O)(=O)[C@@H]1C1CC1. The summed E-state index contributed by atoms with van der Waals surface area (Å²) in [6.07, 6.45) is 10.4. The molecule has 0 saturated heterocycles. The number of aliphatic hydroxyl groups excluding tert-OH is 1. The van der Waals surface area contributed by atoms with E-state index in [2.05, 4.69) is 21.8 Å². The van der Waals surface area contributed by atoms with Gasteiger partial charge in [0.25, 0.3) is 5.91 Å². The summed E-state index contributed by atoms with van der Waals surface area (Å²) >= 11 is 6.40. The molecule has 3 aliphatic carbocycles. The topological polar surface area (TPSA) is 95.9 Å². The van der Waals surface area contributed by atoms with E-state index < -0.39 is 27.3 Å². The molecule has 6 atom stereocenters. The molecule has 9 heteroatoms. The molecule has 0 unspecified atom stereocenters. The van der Waals surface area contributed by atoms with Crippen LogP contribution in [0.4, 0.5) is 5.69 Å². The van der Waals surface area contributed by atoms with E-state index in [9.17, 15) is 18.3 Å². The first-order valence-electron chi connectivity index (χ1n) is 15.8. The first-order chi connectivity index (χ1) is 20.6. The van der Waals surface area contributed by atoms with Gasteiger partial charge in [0.1, 0.15) is 5.75 Å². The van der Waals surface area contributed by atoms with Gasteiger partial charge in [-0.1, -0.05) is 36.7 Å². The number of hydrogen-bond donors (Lipinski definition) is 2. The highest BCUT2D eigenvalue weighted by Gasteiger charge is 2.46. The van der Waals surface area contributed by atoms with Crippen molar-refractivity contribution in [1.82, 2.24) is 4.72 Å². The third kappa shape index (κ3) is 5.48. The summed E-state index contributed by atoms with van der Waals surface area (Å²) in [4.78, 5) is 15.9. The van der Waals surface area contributed by atoms with E-state index in [1.807, 2.05) is 31.2 Å². The van der Waals surface area contributed by atoms with Gasteiger partial charge in [-0.15, -0.1) is 0 Å². The van der Waals surface area contributed by atoms with Gasteiger partial charge in [-0.25, -0.2) is 13.1 Å². The maximum atomic E-state index is 13.6. The zero-order valence-corrected chi connectivity index (χ0v) is 26.2. The van der Waals surface area contributed by atoms with Crippen LogP contribution in [0.3, 0.4) is 0 Å². The molecule has 2 aromatic rings. The molecule has 2 bridgehead atoms. The van der Waals surface area contributed by atoms with E-state index >= 15 is 0 Å². The Hall–Kier alpha value is -2.55. The number of hydrogen-bond acceptors (Lipinski definition) is 6. The van der Waals surface area contributed by atoms with Gasteiger partial charge in [-0.05, 0) is 116 Å². The lowest BCUT2D eigenvalue weighted by Crippen LogP contribution is -2.49. The van der Waals surface area contributed by atoms with E-state index in [1.54, 1.807) is 12.1 Å². The number of ether oxygens (including phenoxy) is 1. The van der Waals surface area contributed by atoms with Crippen LogP contribution in [0.5, 0.6) is 5.75 Å². The summed E-state index contributed by atoms with van der Waals surface area (Å²) in [6.45, 7) is 3.86. The van der Waals surface area contributed by atoms with Gasteiger partial charge in [0.2, 0.25) is 10.0 Å². The summed E-state index contributed by atoms with van der Waals surface area (Å²) in [5.74, 6) is 0.393. The highest BCUT2D eigenvalue weighted by atomic mass is 35.5. The number of nitrogens with zero attached hydrogens (tertiary/aromatic N) is 1. The number of anilines is 1. The molecule has 2 N–H and O–H groups in total. The number of carbonyl (C=O) groups is 1. The zero-order chi connectivity index (χ0) is 29.9. The smallest absolute Gasteiger partial charge is 0.264 e. The molecule has 2 fully saturated rings. The van der Waals surface area contributed by atoms with Crippen LogP contribution in [-0.2, 0) is 21.9 Å². The Morgan fingerprint density at radius 2 is 1.91 bits per heavy atom. The van der Waals surface area contributed by atoms with Gasteiger partial charge in [-0.3, -0.25) is 4.79 Å². The van der Waals surface area contributed by atoms with Crippen LogP contribution in [-0.4, -0.2) is 50.5 Å². The van der Waals surface area contributed by atoms with Gasteiger partial charge >= 0.3 is 0 Å². The number of benzene rings is 2. The molecule has 2 saturated carbocycles. The maximum Gasteiger partial charge on any atom is 0.264 e. The highest BCUT2D eigenvalue weighted by Crippen LogP contribution is 2.47. The number of nitrogens with one attached hydrogen (secondary N) is 1. The number of aryl methyl sites for hydroxylation is 1. The average Bonchev–Trinajstić information content (AvgIpc) is 3.78. The summed E-state index contributed by atoms with van der Waals surface area (Å²) < 4.78 is 36.2. The maximum absolute atomic E-state index is 13.6. The Labute approximate surface area is 259 Å². The number of rotatable bonds is 1. The number of amides is 1. The third-order valence-electron chi connectivity index (χ3n) is 10.8. The number of aliphatic hydroxyl groups is 1. The van der Waals surface area contributed by atoms with Crippen molar-refractivity contribution in [3.05, 3.63) is 70.3 Å². The lowest BCUT2D eigenvalue weighted by molar-refractivity contribution is 0.0455. The Kier molecular flexibility index (Phi) is 7.54. The Balaban J connectivity index is 1.29. The van der Waals surface area contributed by atoms with Crippen LogP contribution < -0.4 is 14.4 Å². The normalized spacial score (nSPS) is 34.5. The fourth-order valence-electron chi connectivity index (χ4n) is 8.22. The quantitative estimate of drug-likeness (QED) is 0.399. The fourth-order valence-corrected chi connectivity index (χ4v) is 10.4. The highest BCUT2D eigenvalue weighted by molar-refractivity contribution is 7.90. The fraction of sp³-hybridized carbons (Fsp3) is 0.559. The summed E-state index contributed by atoms with van der Waals surface area (Å²) in [5, 5.41) is 11.3. The second-order valence-corrected chi connectivity index (χ2v) is 16.0. The molecule has 0 radical (unpaired) electrons. The average molecular weight is 625 g/mol. The van der Waals surface area contributed by atoms with Crippen molar-refractivity contribution in [3.8, 4) is 5.75 Å². The van der Waals surface area contributed by atoms with Crippen molar-refractivity contribution in [3.63, 3.8) is 0 Å². The Morgan fingerprint density at radius 3 is 2.67 bits per heavy atom. The van der Waals surface area contributed by atoms with E-state index in [4.69, 9.17) is 16.3 Å². The van der Waals surface area contributed by atoms with Crippen molar-refractivity contribution in [2.45, 2.75) is 75.1 Å². The second-order valence-electron chi connectivity index (χ2n) is 13.7. The van der Waals surface area contributed by atoms with Crippen LogP contribution in [0.15, 0.2) is 48.6 Å². The zero-order valence-electron chi connectivity index (χ0n) is 24.7. The van der Waals surface area contributed by atoms with E-state index in [-0.39, 0.29) is 23.2 Å². The van der Waals surface area contributed by atoms with Gasteiger partial charge < -0.3 is 14.7 Å². The predicted octanol–water partition coefficient (Wildman–Crippen LogP) is 5.63. The van der Waals surface area contributed by atoms with Crippen LogP contribution >= 0.6 is 11.6 Å². The van der Waals surface area contributed by atoms with E-state index in [1.165, 1.54) is 11.1 Å². The molecule has 7 nitrogen and oxygen atoms in total. The summed E-state index contributed by atoms with van der Waals surface area (Å²) in [7, 11) is -3.91. The third-order valence-corrected chi connectivity index (χ3v) is 13.0. The molecular weight excluding hydrogens is 584 g/mol. The number of carbonyl (C=O) groups excluding carboxylic acids is 1. The van der Waals surface area contributed by atoms with Crippen LogP contribution in [0.25, 0.3) is 0 Å². The standard InChI is InChI=1S/C34H41ClN2O5S/c1-21-4-2-6-30(38)27-12-9-25(27)18-37-19-34(15-3-5-23-16-26(35)11-13-28(23)34)20-42-31-14-10-24(17-29(31)37)33(39)36-43(40,41)32(21)22-7-8-22/h2,6,10-11,13-14,16-17,21-22,25,27,30,32,38H,3-5,7-9,12,15,18-20H2,1H3,(H,36,39)/b6-2-/t21-,25-,27+,30-,32-,34-/m0/s1. The lowest BCUT2D eigenvalue weighted by Gasteiger charge is -2.45. The summed E-state index contributed by atoms with van der Waals surface area (Å²) in [5.41, 5.74) is 3.38. The van der Waals surface area contributed by atoms with E-state index in [0.29, 0.717) is 36.8 Å². The van der Waals surface area contributed by atoms with Crippen molar-refractivity contribution < 1.29 is 23.1 Å². The minimum absolute atomic E-state index is 0.0499. The molecular formula is C34H41ClN2O5S. The molecule has 0 aromatic heterocycles. The van der Waals surface area contributed by atoms with Gasteiger partial charge in [0.15, 0.2) is 0 Å². The number of sulfonamides is 1. The van der Waals surface area contributed by atoms with Crippen LogP contribution in [0.2, 0.25) is 5.02 Å². The number of halogens is 1. The molecule has 43 heavy (non-hydrogen) atoms. The van der Waals surface area contributed by atoms with Crippen molar-refractivity contribution >= 4 is 33.2 Å². The molecule has 7 rings (SSSR count). The number of fused-ring (bicyclic) bond motifs is 4. The Morgan fingerprint density at radius 1 is 1.09 bits per heavy atom. The molecule has 1 spiro atoms. The minimum Gasteiger partial charge on any atom is -0.490 e. The molecule has 2 heterocycles. The molecule has 1 amide bonds. The van der Waals surface area contributed by atoms with Crippen molar-refractivity contribution in [2.24, 2.45) is 23.7 Å². The molecule has 2 aliphatic heterocycles. The van der Waals surface area contributed by atoms with Crippen molar-refractivity contribution in [1.29, 1.82) is 0 Å². The van der Waals surface area contributed by atoms with Crippen LogP contribution in [0, 0.1) is 23.7 Å². The van der Waals surface area contributed by atoms with Crippen molar-refractivity contribution in [2.75, 3.05) is 24.6 Å². The van der Waals surface area contributed by atoms with Gasteiger partial charge in [-0.2, -0.15) is 0 Å². The predicted molar refractivity (Wildman–Crippen MR) is 168 cm³/mol. The first kappa shape index (κ1) is 29.2. The van der Waals surface area contributed by atoms with Crippen LogP contribution in [0.1, 0.15) is 73.4 Å². The monoisotopic (exact) mass is 624 g/mol. The van der Waals surface area contributed by atoms with Gasteiger partial charge in [0.05, 0.1) is 23.6 Å². The lowest BCUT2D eigenvalue weighted by atomic mass is 9.68. The first-order valence-corrected chi connectivity index (χ1v) is 17.8. The van der Waals surface area contributed by atoms with Gasteiger partial charge in [0, 0.05) is 29.1 Å².